The number of fused-ring (bicyclic) bond motifs is 5. The molecular weight excluding hydrogens is 252 g/mol. The Morgan fingerprint density at radius 1 is 1.25 bits per heavy atom. The molecule has 0 unspecified atom stereocenters. The van der Waals surface area contributed by atoms with Crippen molar-refractivity contribution in [3.8, 4) is 0 Å². The van der Waals surface area contributed by atoms with Crippen LogP contribution in [-0.4, -0.2) is 17.4 Å². The van der Waals surface area contributed by atoms with Crippen molar-refractivity contribution in [1.82, 2.24) is 0 Å². The fraction of sp³-hybridized carbons (Fsp3) is 0.941. The number of esters is 1. The van der Waals surface area contributed by atoms with Crippen LogP contribution in [0.25, 0.3) is 0 Å². The van der Waals surface area contributed by atoms with Gasteiger partial charge < -0.3 is 9.47 Å². The largest absolute Gasteiger partial charge is 0.432 e. The standard InChI is InChI=1S/C17H28O3/c1-11-7-8-12-13(11)17(19-14(18)15(2,3)4)10-6-9-16(12,5)20-17/h11-13H,6-10H2,1-5H3/t11-,12-,13+,16-,17+/m1/s1. The molecule has 3 nitrogen and oxygen atoms in total. The van der Waals surface area contributed by atoms with Crippen molar-refractivity contribution in [3.63, 3.8) is 0 Å². The quantitative estimate of drug-likeness (QED) is 0.683. The zero-order valence-electron chi connectivity index (χ0n) is 13.5. The van der Waals surface area contributed by atoms with Crippen LogP contribution < -0.4 is 0 Å². The molecule has 0 aromatic heterocycles. The molecule has 0 aromatic carbocycles. The van der Waals surface area contributed by atoms with E-state index in [4.69, 9.17) is 9.47 Å². The Hall–Kier alpha value is -0.570. The number of ether oxygens (including phenoxy) is 2. The predicted molar refractivity (Wildman–Crippen MR) is 77.0 cm³/mol. The Morgan fingerprint density at radius 3 is 2.60 bits per heavy atom. The van der Waals surface area contributed by atoms with Gasteiger partial charge in [-0.25, -0.2) is 0 Å². The Labute approximate surface area is 122 Å². The highest BCUT2D eigenvalue weighted by Gasteiger charge is 2.67. The molecule has 0 amide bonds. The molecule has 3 rings (SSSR count). The smallest absolute Gasteiger partial charge is 0.313 e. The normalized spacial score (nSPS) is 47.1. The number of hydrogen-bond acceptors (Lipinski definition) is 3. The SMILES string of the molecule is C[C@@H]1CC[C@@H]2[C@H]1[C@]1(OC(=O)C(C)(C)C)CCC[C@@]2(C)O1. The summed E-state index contributed by atoms with van der Waals surface area (Å²) in [6.07, 6.45) is 5.54. The van der Waals surface area contributed by atoms with Crippen LogP contribution >= 0.6 is 0 Å². The van der Waals surface area contributed by atoms with E-state index >= 15 is 0 Å². The Bertz CT molecular complexity index is 424. The van der Waals surface area contributed by atoms with Gasteiger partial charge in [0.15, 0.2) is 0 Å². The van der Waals surface area contributed by atoms with Gasteiger partial charge in [0.1, 0.15) is 0 Å². The van der Waals surface area contributed by atoms with Crippen LogP contribution in [0.5, 0.6) is 0 Å². The molecular formula is C17H28O3. The third-order valence-electron chi connectivity index (χ3n) is 5.75. The summed E-state index contributed by atoms with van der Waals surface area (Å²) < 4.78 is 12.5. The van der Waals surface area contributed by atoms with Crippen molar-refractivity contribution in [2.75, 3.05) is 0 Å². The molecule has 3 fully saturated rings. The molecule has 2 saturated heterocycles. The minimum absolute atomic E-state index is 0.0775. The highest BCUT2D eigenvalue weighted by molar-refractivity contribution is 5.75. The van der Waals surface area contributed by atoms with Gasteiger partial charge in [0.25, 0.3) is 0 Å². The van der Waals surface area contributed by atoms with E-state index in [-0.39, 0.29) is 11.6 Å². The molecule has 3 aliphatic rings. The van der Waals surface area contributed by atoms with Gasteiger partial charge in [-0.15, -0.1) is 0 Å². The number of rotatable bonds is 1. The second kappa shape index (κ2) is 4.22. The lowest BCUT2D eigenvalue weighted by Crippen LogP contribution is -2.48. The molecule has 2 bridgehead atoms. The van der Waals surface area contributed by atoms with Crippen LogP contribution in [0.1, 0.15) is 66.7 Å². The van der Waals surface area contributed by atoms with Gasteiger partial charge in [-0.3, -0.25) is 4.79 Å². The van der Waals surface area contributed by atoms with Gasteiger partial charge in [-0.1, -0.05) is 6.92 Å². The molecule has 2 aliphatic heterocycles. The van der Waals surface area contributed by atoms with Crippen molar-refractivity contribution in [1.29, 1.82) is 0 Å². The monoisotopic (exact) mass is 280 g/mol. The average molecular weight is 280 g/mol. The van der Waals surface area contributed by atoms with Gasteiger partial charge in [-0.05, 0) is 65.2 Å². The van der Waals surface area contributed by atoms with Crippen LogP contribution in [0.15, 0.2) is 0 Å². The maximum absolute atomic E-state index is 12.4. The molecule has 1 saturated carbocycles. The summed E-state index contributed by atoms with van der Waals surface area (Å²) in [5.74, 6) is 0.779. The van der Waals surface area contributed by atoms with E-state index in [0.717, 1.165) is 19.3 Å². The molecule has 114 valence electrons. The molecule has 0 spiro atoms. The second-order valence-electron chi connectivity index (χ2n) is 8.41. The third kappa shape index (κ3) is 1.93. The lowest BCUT2D eigenvalue weighted by molar-refractivity contribution is -0.280. The van der Waals surface area contributed by atoms with Crippen LogP contribution in [0.4, 0.5) is 0 Å². The maximum atomic E-state index is 12.4. The van der Waals surface area contributed by atoms with Gasteiger partial charge in [0, 0.05) is 12.3 Å². The summed E-state index contributed by atoms with van der Waals surface area (Å²) in [6, 6.07) is 0. The third-order valence-corrected chi connectivity index (χ3v) is 5.75. The zero-order valence-corrected chi connectivity index (χ0v) is 13.5. The molecule has 5 atom stereocenters. The van der Waals surface area contributed by atoms with E-state index in [1.165, 1.54) is 12.8 Å². The molecule has 0 aromatic rings. The topological polar surface area (TPSA) is 35.5 Å². The summed E-state index contributed by atoms with van der Waals surface area (Å²) in [6.45, 7) is 10.3. The summed E-state index contributed by atoms with van der Waals surface area (Å²) in [5.41, 5.74) is -0.544. The first-order chi connectivity index (χ1) is 9.18. The molecule has 0 radical (unpaired) electrons. The van der Waals surface area contributed by atoms with Crippen LogP contribution in [-0.2, 0) is 14.3 Å². The van der Waals surface area contributed by atoms with E-state index in [9.17, 15) is 4.79 Å². The zero-order chi connectivity index (χ0) is 14.8. The molecule has 3 heteroatoms. The predicted octanol–water partition coefficient (Wildman–Crippen LogP) is 3.91. The number of carbonyl (C=O) groups excluding carboxylic acids is 1. The van der Waals surface area contributed by atoms with E-state index in [0.29, 0.717) is 17.8 Å². The van der Waals surface area contributed by atoms with Crippen LogP contribution in [0, 0.1) is 23.2 Å². The Kier molecular flexibility index (Phi) is 3.03. The van der Waals surface area contributed by atoms with Gasteiger partial charge in [0.2, 0.25) is 5.79 Å². The van der Waals surface area contributed by atoms with Crippen molar-refractivity contribution in [2.45, 2.75) is 78.1 Å². The Balaban J connectivity index is 1.92. The van der Waals surface area contributed by atoms with E-state index < -0.39 is 11.2 Å². The van der Waals surface area contributed by atoms with Gasteiger partial charge >= 0.3 is 5.97 Å². The first kappa shape index (κ1) is 14.4. The second-order valence-corrected chi connectivity index (χ2v) is 8.41. The lowest BCUT2D eigenvalue weighted by atomic mass is 9.80. The fourth-order valence-corrected chi connectivity index (χ4v) is 4.75. The maximum Gasteiger partial charge on any atom is 0.313 e. The summed E-state index contributed by atoms with van der Waals surface area (Å²) >= 11 is 0. The first-order valence-electron chi connectivity index (χ1n) is 8.12. The minimum Gasteiger partial charge on any atom is -0.432 e. The number of hydrogen-bond donors (Lipinski definition) is 0. The van der Waals surface area contributed by atoms with Gasteiger partial charge in [-0.2, -0.15) is 0 Å². The van der Waals surface area contributed by atoms with Crippen molar-refractivity contribution in [3.05, 3.63) is 0 Å². The van der Waals surface area contributed by atoms with E-state index in [1.807, 2.05) is 20.8 Å². The highest BCUT2D eigenvalue weighted by atomic mass is 16.7. The van der Waals surface area contributed by atoms with Crippen molar-refractivity contribution < 1.29 is 14.3 Å². The van der Waals surface area contributed by atoms with E-state index in [1.54, 1.807) is 0 Å². The minimum atomic E-state index is -0.641. The Morgan fingerprint density at radius 2 is 1.95 bits per heavy atom. The first-order valence-corrected chi connectivity index (χ1v) is 8.12. The van der Waals surface area contributed by atoms with Gasteiger partial charge in [0.05, 0.1) is 11.0 Å². The average Bonchev–Trinajstić information content (AvgIpc) is 2.77. The molecule has 2 heterocycles. The fourth-order valence-electron chi connectivity index (χ4n) is 4.75. The van der Waals surface area contributed by atoms with Crippen molar-refractivity contribution in [2.24, 2.45) is 23.2 Å². The van der Waals surface area contributed by atoms with E-state index in [2.05, 4.69) is 13.8 Å². The summed E-state index contributed by atoms with van der Waals surface area (Å²) in [4.78, 5) is 12.4. The highest BCUT2D eigenvalue weighted by Crippen LogP contribution is 2.63. The molecule has 0 N–H and O–H groups in total. The lowest BCUT2D eigenvalue weighted by Gasteiger charge is -2.41. The van der Waals surface area contributed by atoms with Crippen LogP contribution in [0.3, 0.4) is 0 Å². The number of carbonyl (C=O) groups is 1. The summed E-state index contributed by atoms with van der Waals surface area (Å²) in [5, 5.41) is 0. The van der Waals surface area contributed by atoms with Crippen molar-refractivity contribution >= 4 is 5.97 Å². The molecule has 20 heavy (non-hydrogen) atoms. The molecule has 1 aliphatic carbocycles. The summed E-state index contributed by atoms with van der Waals surface area (Å²) in [7, 11) is 0. The van der Waals surface area contributed by atoms with Crippen LogP contribution in [0.2, 0.25) is 0 Å².